The standard InChI is InChI=1S/C58H38N2S/c1-2-20-43-37(14-1)15-11-25-45(43)49-26-13-27-50-46-21-3-7-30-54(46)60(57(49)50)42-32-33-55-52(36-42)47-22-4-6-29-53(47)59(55)41-19-10-17-39(35-41)38-16-9-18-40(34-38)44-24-12-28-51-48-23-5-8-31-56(48)61-58(44)51/h1-8,10-17,19-36H,9,18H2. The zero-order chi connectivity index (χ0) is 40.0. The van der Waals surface area contributed by atoms with Gasteiger partial charge in [-0.25, -0.2) is 0 Å². The number of allylic oxidation sites excluding steroid dienone is 4. The van der Waals surface area contributed by atoms with Crippen molar-refractivity contribution in [3.05, 3.63) is 217 Å². The average molecular weight is 795 g/mol. The summed E-state index contributed by atoms with van der Waals surface area (Å²) in [5.74, 6) is 0. The monoisotopic (exact) mass is 794 g/mol. The molecule has 0 atom stereocenters. The van der Waals surface area contributed by atoms with Gasteiger partial charge in [-0.05, 0) is 100.0 Å². The summed E-state index contributed by atoms with van der Waals surface area (Å²) in [4.78, 5) is 0. The third kappa shape index (κ3) is 5.27. The van der Waals surface area contributed by atoms with Crippen LogP contribution in [0.3, 0.4) is 0 Å². The molecule has 3 heterocycles. The molecule has 0 saturated carbocycles. The Labute approximate surface area is 357 Å². The second-order valence-corrected chi connectivity index (χ2v) is 17.4. The molecule has 12 aromatic rings. The van der Waals surface area contributed by atoms with Crippen LogP contribution in [0.25, 0.3) is 108 Å². The van der Waals surface area contributed by atoms with Crippen molar-refractivity contribution in [2.45, 2.75) is 12.8 Å². The summed E-state index contributed by atoms with van der Waals surface area (Å²) in [6.07, 6.45) is 6.93. The predicted molar refractivity (Wildman–Crippen MR) is 263 cm³/mol. The lowest BCUT2D eigenvalue weighted by atomic mass is 9.90. The maximum Gasteiger partial charge on any atom is 0.0619 e. The Morgan fingerprint density at radius 1 is 0.410 bits per heavy atom. The summed E-state index contributed by atoms with van der Waals surface area (Å²) in [5, 5.41) is 10.2. The Kier molecular flexibility index (Phi) is 7.64. The first-order chi connectivity index (χ1) is 30.3. The molecule has 3 aromatic heterocycles. The molecule has 0 radical (unpaired) electrons. The first-order valence-electron chi connectivity index (χ1n) is 21.2. The van der Waals surface area contributed by atoms with Crippen molar-refractivity contribution in [2.24, 2.45) is 0 Å². The minimum absolute atomic E-state index is 1.02. The summed E-state index contributed by atoms with van der Waals surface area (Å²) in [5.41, 5.74) is 15.0. The molecule has 286 valence electrons. The number of aromatic nitrogens is 2. The normalized spacial score (nSPS) is 13.3. The largest absolute Gasteiger partial charge is 0.309 e. The topological polar surface area (TPSA) is 9.86 Å². The number of benzene rings is 9. The molecule has 1 aliphatic carbocycles. The smallest absolute Gasteiger partial charge is 0.0619 e. The number of thiophene rings is 1. The maximum atomic E-state index is 2.49. The fourth-order valence-electron chi connectivity index (χ4n) is 10.3. The number of nitrogens with zero attached hydrogens (tertiary/aromatic N) is 2. The van der Waals surface area contributed by atoms with Crippen molar-refractivity contribution < 1.29 is 0 Å². The highest BCUT2D eigenvalue weighted by atomic mass is 32.1. The quantitative estimate of drug-likeness (QED) is 0.164. The van der Waals surface area contributed by atoms with Crippen molar-refractivity contribution in [3.63, 3.8) is 0 Å². The van der Waals surface area contributed by atoms with E-state index in [0.717, 1.165) is 18.5 Å². The van der Waals surface area contributed by atoms with Gasteiger partial charge in [0.15, 0.2) is 0 Å². The van der Waals surface area contributed by atoms with E-state index in [1.165, 1.54) is 114 Å². The Balaban J connectivity index is 0.964. The molecule has 0 N–H and O–H groups in total. The Morgan fingerprint density at radius 2 is 1.03 bits per heavy atom. The van der Waals surface area contributed by atoms with Crippen molar-refractivity contribution >= 4 is 97.0 Å². The third-order valence-electron chi connectivity index (χ3n) is 13.0. The molecule has 9 aromatic carbocycles. The molecular formula is C58H38N2S. The van der Waals surface area contributed by atoms with Crippen LogP contribution in [-0.2, 0) is 0 Å². The van der Waals surface area contributed by atoms with Gasteiger partial charge in [-0.2, -0.15) is 0 Å². The number of fused-ring (bicyclic) bond motifs is 10. The molecule has 0 unspecified atom stereocenters. The molecule has 2 nitrogen and oxygen atoms in total. The Morgan fingerprint density at radius 3 is 1.92 bits per heavy atom. The molecule has 0 bridgehead atoms. The molecule has 0 amide bonds. The van der Waals surface area contributed by atoms with Crippen LogP contribution >= 0.6 is 11.3 Å². The van der Waals surface area contributed by atoms with Crippen LogP contribution in [-0.4, -0.2) is 9.13 Å². The minimum atomic E-state index is 1.02. The average Bonchev–Trinajstić information content (AvgIpc) is 3.99. The fourth-order valence-corrected chi connectivity index (χ4v) is 11.5. The summed E-state index contributed by atoms with van der Waals surface area (Å²) in [6, 6.07) is 71.8. The van der Waals surface area contributed by atoms with E-state index < -0.39 is 0 Å². The highest BCUT2D eigenvalue weighted by Gasteiger charge is 2.21. The van der Waals surface area contributed by atoms with Gasteiger partial charge in [-0.15, -0.1) is 11.3 Å². The zero-order valence-corrected chi connectivity index (χ0v) is 34.2. The fraction of sp³-hybridized carbons (Fsp3) is 0.0345. The lowest BCUT2D eigenvalue weighted by molar-refractivity contribution is 1.06. The van der Waals surface area contributed by atoms with Crippen LogP contribution in [0, 0.1) is 0 Å². The first-order valence-corrected chi connectivity index (χ1v) is 22.0. The second-order valence-electron chi connectivity index (χ2n) is 16.3. The van der Waals surface area contributed by atoms with Gasteiger partial charge in [-0.3, -0.25) is 0 Å². The molecule has 3 heteroatoms. The van der Waals surface area contributed by atoms with Gasteiger partial charge in [0.25, 0.3) is 0 Å². The Bertz CT molecular complexity index is 3820. The van der Waals surface area contributed by atoms with E-state index >= 15 is 0 Å². The summed E-state index contributed by atoms with van der Waals surface area (Å²) in [6.45, 7) is 0. The van der Waals surface area contributed by atoms with E-state index in [0.29, 0.717) is 0 Å². The van der Waals surface area contributed by atoms with Crippen molar-refractivity contribution in [2.75, 3.05) is 0 Å². The summed E-state index contributed by atoms with van der Waals surface area (Å²) in [7, 11) is 0. The van der Waals surface area contributed by atoms with E-state index in [1.54, 1.807) is 0 Å². The highest BCUT2D eigenvalue weighted by molar-refractivity contribution is 7.26. The van der Waals surface area contributed by atoms with Gasteiger partial charge in [0.05, 0.1) is 22.1 Å². The number of rotatable bonds is 5. The molecule has 0 aliphatic heterocycles. The van der Waals surface area contributed by atoms with E-state index in [2.05, 4.69) is 215 Å². The van der Waals surface area contributed by atoms with E-state index in [9.17, 15) is 0 Å². The first kappa shape index (κ1) is 34.4. The van der Waals surface area contributed by atoms with Crippen LogP contribution in [0.15, 0.2) is 206 Å². The van der Waals surface area contributed by atoms with Gasteiger partial charge in [-0.1, -0.05) is 158 Å². The Hall–Kier alpha value is -7.46. The predicted octanol–water partition coefficient (Wildman–Crippen LogP) is 16.3. The SMILES string of the molecule is C1=C(c2cccc(-n3c4ccccc4c4cc(-n5c6ccccc6c6cccc(-c7cccc8ccccc78)c65)ccc43)c2)C=C(c2cccc3c2sc2ccccc23)CC1. The number of para-hydroxylation sites is 3. The van der Waals surface area contributed by atoms with E-state index in [1.807, 2.05) is 11.3 Å². The molecule has 61 heavy (non-hydrogen) atoms. The molecule has 0 saturated heterocycles. The van der Waals surface area contributed by atoms with E-state index in [4.69, 9.17) is 0 Å². The second kappa shape index (κ2) is 13.5. The number of hydrogen-bond donors (Lipinski definition) is 0. The van der Waals surface area contributed by atoms with Gasteiger partial charge in [0, 0.05) is 58.7 Å². The molecule has 1 aliphatic rings. The molecule has 13 rings (SSSR count). The maximum absolute atomic E-state index is 2.49. The van der Waals surface area contributed by atoms with Gasteiger partial charge >= 0.3 is 0 Å². The van der Waals surface area contributed by atoms with E-state index in [-0.39, 0.29) is 0 Å². The van der Waals surface area contributed by atoms with Gasteiger partial charge < -0.3 is 9.13 Å². The lowest BCUT2D eigenvalue weighted by Crippen LogP contribution is -1.98. The molecular weight excluding hydrogens is 757 g/mol. The van der Waals surface area contributed by atoms with Crippen molar-refractivity contribution in [1.29, 1.82) is 0 Å². The van der Waals surface area contributed by atoms with Crippen molar-refractivity contribution in [1.82, 2.24) is 9.13 Å². The lowest BCUT2D eigenvalue weighted by Gasteiger charge is -2.17. The van der Waals surface area contributed by atoms with Gasteiger partial charge in [0.1, 0.15) is 0 Å². The summed E-state index contributed by atoms with van der Waals surface area (Å²) >= 11 is 1.92. The van der Waals surface area contributed by atoms with Crippen LogP contribution in [0.1, 0.15) is 24.0 Å². The minimum Gasteiger partial charge on any atom is -0.309 e. The number of hydrogen-bond acceptors (Lipinski definition) is 1. The van der Waals surface area contributed by atoms with Crippen molar-refractivity contribution in [3.8, 4) is 22.5 Å². The van der Waals surface area contributed by atoms with Gasteiger partial charge in [0.2, 0.25) is 0 Å². The third-order valence-corrected chi connectivity index (χ3v) is 14.2. The van der Waals surface area contributed by atoms with Crippen LogP contribution < -0.4 is 0 Å². The van der Waals surface area contributed by atoms with Crippen LogP contribution in [0.4, 0.5) is 0 Å². The zero-order valence-electron chi connectivity index (χ0n) is 33.3. The summed E-state index contributed by atoms with van der Waals surface area (Å²) < 4.78 is 7.69. The molecule has 0 fully saturated rings. The highest BCUT2D eigenvalue weighted by Crippen LogP contribution is 2.44. The van der Waals surface area contributed by atoms with Crippen LogP contribution in [0.2, 0.25) is 0 Å². The molecule has 0 spiro atoms. The van der Waals surface area contributed by atoms with Crippen LogP contribution in [0.5, 0.6) is 0 Å².